The third-order valence-corrected chi connectivity index (χ3v) is 3.26. The highest BCUT2D eigenvalue weighted by atomic mass is 19.2. The van der Waals surface area contributed by atoms with Gasteiger partial charge in [0.05, 0.1) is 11.7 Å². The van der Waals surface area contributed by atoms with Crippen LogP contribution in [0.4, 0.5) is 13.2 Å². The van der Waals surface area contributed by atoms with Crippen molar-refractivity contribution < 1.29 is 22.7 Å². The summed E-state index contributed by atoms with van der Waals surface area (Å²) < 4.78 is 45.1. The molecule has 1 saturated heterocycles. The Balaban J connectivity index is 2.27. The summed E-state index contributed by atoms with van der Waals surface area (Å²) in [5.74, 6) is -4.95. The van der Waals surface area contributed by atoms with Gasteiger partial charge in [-0.3, -0.25) is 4.79 Å². The fourth-order valence-electron chi connectivity index (χ4n) is 2.43. The number of hydrogen-bond donors (Lipinski definition) is 1. The quantitative estimate of drug-likeness (QED) is 0.846. The maximum atomic E-state index is 13.2. The molecule has 4 nitrogen and oxygen atoms in total. The number of halogens is 3. The van der Waals surface area contributed by atoms with Crippen molar-refractivity contribution in [3.05, 3.63) is 35.1 Å². The van der Waals surface area contributed by atoms with Crippen molar-refractivity contribution in [3.63, 3.8) is 0 Å². The number of hydrogen-bond acceptors (Lipinski definition) is 3. The lowest BCUT2D eigenvalue weighted by Crippen LogP contribution is -2.56. The first-order valence-corrected chi connectivity index (χ1v) is 6.55. The Morgan fingerprint density at radius 3 is 2.48 bits per heavy atom. The van der Waals surface area contributed by atoms with E-state index in [2.05, 4.69) is 0 Å². The summed E-state index contributed by atoms with van der Waals surface area (Å²) in [5.41, 5.74) is 4.71. The maximum Gasteiger partial charge on any atom is 0.254 e. The Kier molecular flexibility index (Phi) is 4.25. The number of nitrogens with zero attached hydrogens (tertiary/aromatic N) is 1. The molecule has 21 heavy (non-hydrogen) atoms. The first kappa shape index (κ1) is 15.8. The van der Waals surface area contributed by atoms with Crippen LogP contribution >= 0.6 is 0 Å². The normalized spacial score (nSPS) is 21.4. The molecule has 1 aliphatic heterocycles. The van der Waals surface area contributed by atoms with Crippen LogP contribution in [0.15, 0.2) is 12.1 Å². The lowest BCUT2D eigenvalue weighted by molar-refractivity contribution is -0.122. The number of benzene rings is 1. The zero-order valence-electron chi connectivity index (χ0n) is 11.8. The van der Waals surface area contributed by atoms with Crippen molar-refractivity contribution in [2.75, 3.05) is 19.6 Å². The Bertz CT molecular complexity index is 540. The number of ether oxygens (including phenoxy) is 1. The third kappa shape index (κ3) is 3.36. The topological polar surface area (TPSA) is 55.6 Å². The van der Waals surface area contributed by atoms with Gasteiger partial charge in [0, 0.05) is 25.2 Å². The first-order chi connectivity index (χ1) is 9.73. The molecule has 0 aliphatic carbocycles. The number of carbonyl (C=O) groups excluding carboxylic acids is 1. The van der Waals surface area contributed by atoms with Crippen molar-refractivity contribution in [2.45, 2.75) is 25.6 Å². The van der Waals surface area contributed by atoms with E-state index >= 15 is 0 Å². The molecule has 7 heteroatoms. The molecular weight excluding hydrogens is 285 g/mol. The van der Waals surface area contributed by atoms with E-state index in [1.165, 1.54) is 4.90 Å². The number of nitrogens with two attached hydrogens (primary N) is 1. The van der Waals surface area contributed by atoms with Crippen molar-refractivity contribution in [3.8, 4) is 0 Å². The lowest BCUT2D eigenvalue weighted by atomic mass is 10.0. The maximum absolute atomic E-state index is 13.2. The van der Waals surface area contributed by atoms with Crippen LogP contribution in [0.2, 0.25) is 0 Å². The van der Waals surface area contributed by atoms with Crippen LogP contribution in [-0.2, 0) is 4.74 Å². The summed E-state index contributed by atoms with van der Waals surface area (Å²) in [6, 6.07) is 1.39. The highest BCUT2D eigenvalue weighted by Gasteiger charge is 2.35. The van der Waals surface area contributed by atoms with Crippen LogP contribution < -0.4 is 5.73 Å². The molecule has 1 aromatic carbocycles. The van der Waals surface area contributed by atoms with E-state index in [0.29, 0.717) is 12.1 Å². The van der Waals surface area contributed by atoms with Gasteiger partial charge in [0.25, 0.3) is 5.91 Å². The van der Waals surface area contributed by atoms with Gasteiger partial charge in [-0.2, -0.15) is 0 Å². The van der Waals surface area contributed by atoms with E-state index in [4.69, 9.17) is 10.5 Å². The standard InChI is InChI=1S/C14H17F3N2O2/c1-14(2)7-19(6-9(5-18)21-14)13(20)8-3-10(15)12(17)11(16)4-8/h3-4,9H,5-7,18H2,1-2H3. The fraction of sp³-hybridized carbons (Fsp3) is 0.500. The summed E-state index contributed by atoms with van der Waals surface area (Å²) in [6.45, 7) is 4.28. The molecule has 2 rings (SSSR count). The second kappa shape index (κ2) is 5.65. The molecule has 1 aliphatic rings. The van der Waals surface area contributed by atoms with Crippen LogP contribution in [0, 0.1) is 17.5 Å². The van der Waals surface area contributed by atoms with Crippen molar-refractivity contribution in [1.82, 2.24) is 4.90 Å². The number of carbonyl (C=O) groups is 1. The second-order valence-corrected chi connectivity index (χ2v) is 5.67. The Morgan fingerprint density at radius 1 is 1.38 bits per heavy atom. The van der Waals surface area contributed by atoms with E-state index in [-0.39, 0.29) is 31.3 Å². The van der Waals surface area contributed by atoms with E-state index in [9.17, 15) is 18.0 Å². The van der Waals surface area contributed by atoms with Crippen LogP contribution in [-0.4, -0.2) is 42.1 Å². The molecule has 1 aromatic rings. The van der Waals surface area contributed by atoms with Gasteiger partial charge in [0.1, 0.15) is 0 Å². The van der Waals surface area contributed by atoms with E-state index in [1.54, 1.807) is 13.8 Å². The zero-order chi connectivity index (χ0) is 15.8. The Hall–Kier alpha value is -1.60. The average molecular weight is 302 g/mol. The summed E-state index contributed by atoms with van der Waals surface area (Å²) >= 11 is 0. The monoisotopic (exact) mass is 302 g/mol. The summed E-state index contributed by atoms with van der Waals surface area (Å²) in [4.78, 5) is 13.7. The van der Waals surface area contributed by atoms with Gasteiger partial charge in [-0.05, 0) is 26.0 Å². The molecule has 2 N–H and O–H groups in total. The van der Waals surface area contributed by atoms with Crippen LogP contribution in [0.25, 0.3) is 0 Å². The van der Waals surface area contributed by atoms with Gasteiger partial charge in [0.2, 0.25) is 0 Å². The first-order valence-electron chi connectivity index (χ1n) is 6.55. The minimum Gasteiger partial charge on any atom is -0.367 e. The van der Waals surface area contributed by atoms with Gasteiger partial charge >= 0.3 is 0 Å². The van der Waals surface area contributed by atoms with Gasteiger partial charge in [-0.25, -0.2) is 13.2 Å². The molecule has 1 unspecified atom stereocenters. The van der Waals surface area contributed by atoms with E-state index in [0.717, 1.165) is 0 Å². The van der Waals surface area contributed by atoms with Crippen LogP contribution in [0.3, 0.4) is 0 Å². The summed E-state index contributed by atoms with van der Waals surface area (Å²) in [7, 11) is 0. The van der Waals surface area contributed by atoms with Crippen LogP contribution in [0.5, 0.6) is 0 Å². The Morgan fingerprint density at radius 2 is 1.95 bits per heavy atom. The SMILES string of the molecule is CC1(C)CN(C(=O)c2cc(F)c(F)c(F)c2)CC(CN)O1. The smallest absolute Gasteiger partial charge is 0.254 e. The highest BCUT2D eigenvalue weighted by Crippen LogP contribution is 2.23. The van der Waals surface area contributed by atoms with Crippen molar-refractivity contribution in [2.24, 2.45) is 5.73 Å². The predicted molar refractivity (Wildman–Crippen MR) is 70.2 cm³/mol. The fourth-order valence-corrected chi connectivity index (χ4v) is 2.43. The Labute approximate surface area is 120 Å². The molecule has 116 valence electrons. The molecule has 0 aromatic heterocycles. The lowest BCUT2D eigenvalue weighted by Gasteiger charge is -2.42. The zero-order valence-corrected chi connectivity index (χ0v) is 11.8. The molecule has 0 spiro atoms. The largest absolute Gasteiger partial charge is 0.367 e. The molecular formula is C14H17F3N2O2. The predicted octanol–water partition coefficient (Wildman–Crippen LogP) is 1.68. The van der Waals surface area contributed by atoms with Gasteiger partial charge in [-0.15, -0.1) is 0 Å². The average Bonchev–Trinajstić information content (AvgIpc) is 2.41. The highest BCUT2D eigenvalue weighted by molar-refractivity contribution is 5.94. The van der Waals surface area contributed by atoms with E-state index in [1.807, 2.05) is 0 Å². The minimum atomic E-state index is -1.59. The number of amides is 1. The summed E-state index contributed by atoms with van der Waals surface area (Å²) in [5, 5.41) is 0. The molecule has 1 heterocycles. The van der Waals surface area contributed by atoms with Gasteiger partial charge in [0.15, 0.2) is 17.5 Å². The minimum absolute atomic E-state index is 0.222. The van der Waals surface area contributed by atoms with Gasteiger partial charge < -0.3 is 15.4 Å². The molecule has 0 saturated carbocycles. The molecule has 1 amide bonds. The number of morpholine rings is 1. The molecule has 0 radical (unpaired) electrons. The molecule has 1 fully saturated rings. The second-order valence-electron chi connectivity index (χ2n) is 5.67. The van der Waals surface area contributed by atoms with Crippen LogP contribution in [0.1, 0.15) is 24.2 Å². The third-order valence-electron chi connectivity index (χ3n) is 3.26. The van der Waals surface area contributed by atoms with Gasteiger partial charge in [-0.1, -0.05) is 0 Å². The van der Waals surface area contributed by atoms with E-state index < -0.39 is 29.0 Å². The molecule has 0 bridgehead atoms. The van der Waals surface area contributed by atoms with Crippen molar-refractivity contribution in [1.29, 1.82) is 0 Å². The van der Waals surface area contributed by atoms with Crippen molar-refractivity contribution >= 4 is 5.91 Å². The summed E-state index contributed by atoms with van der Waals surface area (Å²) in [6.07, 6.45) is -0.354. The number of rotatable bonds is 2. The molecule has 1 atom stereocenters.